The zero-order valence-corrected chi connectivity index (χ0v) is 12.1. The van der Waals surface area contributed by atoms with Crippen LogP contribution in [0.25, 0.3) is 11.1 Å². The van der Waals surface area contributed by atoms with Crippen LogP contribution in [-0.4, -0.2) is 22.2 Å². The molecule has 7 heteroatoms. The molecule has 0 unspecified atom stereocenters. The van der Waals surface area contributed by atoms with Crippen molar-refractivity contribution in [3.63, 3.8) is 0 Å². The van der Waals surface area contributed by atoms with E-state index in [0.717, 1.165) is 25.3 Å². The number of hydrogen-bond acceptors (Lipinski definition) is 4. The van der Waals surface area contributed by atoms with Crippen LogP contribution in [-0.2, 0) is 12.7 Å². The minimum Gasteiger partial charge on any atom is -0.440 e. The Morgan fingerprint density at radius 3 is 2.77 bits per heavy atom. The normalized spacial score (nSPS) is 22.6. The number of oxazole rings is 1. The highest BCUT2D eigenvalue weighted by Crippen LogP contribution is 2.36. The molecule has 1 aromatic heterocycles. The molecule has 1 fully saturated rings. The molecule has 1 aromatic carbocycles. The second-order valence-electron chi connectivity index (χ2n) is 5.71. The molecule has 0 amide bonds. The fourth-order valence-corrected chi connectivity index (χ4v) is 2.94. The largest absolute Gasteiger partial charge is 0.440 e. The maximum Gasteiger partial charge on any atom is 0.420 e. The summed E-state index contributed by atoms with van der Waals surface area (Å²) in [4.78, 5) is 4.00. The van der Waals surface area contributed by atoms with E-state index in [0.29, 0.717) is 5.56 Å². The van der Waals surface area contributed by atoms with E-state index in [4.69, 9.17) is 4.42 Å². The molecule has 120 valence electrons. The molecule has 4 nitrogen and oxygen atoms in total. The topological polar surface area (TPSA) is 58.3 Å². The zero-order valence-electron chi connectivity index (χ0n) is 12.1. The van der Waals surface area contributed by atoms with E-state index in [9.17, 15) is 18.3 Å². The third-order valence-corrected chi connectivity index (χ3v) is 4.01. The van der Waals surface area contributed by atoms with Crippen molar-refractivity contribution in [1.29, 1.82) is 0 Å². The lowest BCUT2D eigenvalue weighted by atomic mass is 10.1. The first-order valence-corrected chi connectivity index (χ1v) is 7.23. The van der Waals surface area contributed by atoms with E-state index in [1.807, 2.05) is 0 Å². The number of nitrogens with zero attached hydrogens (tertiary/aromatic N) is 1. The average Bonchev–Trinajstić information content (AvgIpc) is 2.98. The van der Waals surface area contributed by atoms with Gasteiger partial charge in [-0.2, -0.15) is 13.2 Å². The summed E-state index contributed by atoms with van der Waals surface area (Å²) in [6.07, 6.45) is -2.44. The lowest BCUT2D eigenvalue weighted by molar-refractivity contribution is -0.136. The van der Waals surface area contributed by atoms with Crippen molar-refractivity contribution in [2.45, 2.75) is 51.1 Å². The minimum absolute atomic E-state index is 0.0657. The van der Waals surface area contributed by atoms with E-state index < -0.39 is 17.8 Å². The number of halogens is 3. The minimum atomic E-state index is -4.49. The average molecular weight is 314 g/mol. The van der Waals surface area contributed by atoms with Crippen LogP contribution in [0.4, 0.5) is 13.2 Å². The number of rotatable bonds is 3. The molecular weight excluding hydrogens is 297 g/mol. The third-order valence-electron chi connectivity index (χ3n) is 4.01. The predicted molar refractivity (Wildman–Crippen MR) is 74.2 cm³/mol. The molecule has 1 aliphatic rings. The molecule has 0 aliphatic heterocycles. The third kappa shape index (κ3) is 2.96. The number of aliphatic hydroxyl groups is 1. The number of fused-ring (bicyclic) bond motifs is 1. The summed E-state index contributed by atoms with van der Waals surface area (Å²) in [7, 11) is 0. The number of alkyl halides is 3. The first-order valence-electron chi connectivity index (χ1n) is 7.23. The molecule has 2 aromatic rings. The number of benzene rings is 1. The van der Waals surface area contributed by atoms with Gasteiger partial charge < -0.3 is 14.8 Å². The Bertz CT molecular complexity index is 681. The van der Waals surface area contributed by atoms with Crippen LogP contribution in [0.3, 0.4) is 0 Å². The van der Waals surface area contributed by atoms with Gasteiger partial charge in [-0.15, -0.1) is 0 Å². The van der Waals surface area contributed by atoms with E-state index in [1.54, 1.807) is 6.07 Å². The van der Waals surface area contributed by atoms with E-state index >= 15 is 0 Å². The summed E-state index contributed by atoms with van der Waals surface area (Å²) < 4.78 is 44.6. The molecule has 0 spiro atoms. The van der Waals surface area contributed by atoms with Crippen molar-refractivity contribution in [1.82, 2.24) is 10.3 Å². The number of aromatic nitrogens is 1. The Morgan fingerprint density at radius 1 is 1.36 bits per heavy atom. The van der Waals surface area contributed by atoms with Crippen LogP contribution in [0.1, 0.15) is 36.3 Å². The van der Waals surface area contributed by atoms with E-state index in [2.05, 4.69) is 10.3 Å². The van der Waals surface area contributed by atoms with Crippen LogP contribution >= 0.6 is 0 Å². The second kappa shape index (κ2) is 5.55. The monoisotopic (exact) mass is 314 g/mol. The van der Waals surface area contributed by atoms with Gasteiger partial charge in [0, 0.05) is 19.5 Å². The van der Waals surface area contributed by atoms with Crippen molar-refractivity contribution < 1.29 is 22.7 Å². The summed E-state index contributed by atoms with van der Waals surface area (Å²) in [5.41, 5.74) is -0.354. The lowest BCUT2D eigenvalue weighted by Gasteiger charge is -2.17. The number of aliphatic hydroxyl groups excluding tert-OH is 1. The summed E-state index contributed by atoms with van der Waals surface area (Å²) in [5.74, 6) is 0.205. The Balaban J connectivity index is 1.89. The number of aryl methyl sites for hydroxylation is 1. The van der Waals surface area contributed by atoms with Crippen molar-refractivity contribution in [3.8, 4) is 0 Å². The van der Waals surface area contributed by atoms with Gasteiger partial charge in [0.2, 0.25) is 0 Å². The maximum atomic E-state index is 13.2. The molecule has 0 radical (unpaired) electrons. The van der Waals surface area contributed by atoms with Gasteiger partial charge in [0.25, 0.3) is 0 Å². The molecular formula is C15H17F3N2O2. The van der Waals surface area contributed by atoms with E-state index in [-0.39, 0.29) is 29.6 Å². The summed E-state index contributed by atoms with van der Waals surface area (Å²) in [6.45, 7) is 1.78. The van der Waals surface area contributed by atoms with Gasteiger partial charge in [0.05, 0.1) is 6.10 Å². The van der Waals surface area contributed by atoms with Gasteiger partial charge >= 0.3 is 6.18 Å². The maximum absolute atomic E-state index is 13.2. The number of nitrogens with one attached hydrogen (secondary N) is 1. The fourth-order valence-electron chi connectivity index (χ4n) is 2.94. The Hall–Kier alpha value is -1.60. The molecule has 3 rings (SSSR count). The van der Waals surface area contributed by atoms with Gasteiger partial charge in [0.1, 0.15) is 11.1 Å². The molecule has 0 saturated heterocycles. The van der Waals surface area contributed by atoms with Crippen molar-refractivity contribution in [2.75, 3.05) is 0 Å². The van der Waals surface area contributed by atoms with Crippen molar-refractivity contribution in [3.05, 3.63) is 29.2 Å². The summed E-state index contributed by atoms with van der Waals surface area (Å²) in [5, 5.41) is 12.9. The van der Waals surface area contributed by atoms with Crippen LogP contribution in [0.2, 0.25) is 0 Å². The second-order valence-corrected chi connectivity index (χ2v) is 5.71. The van der Waals surface area contributed by atoms with Gasteiger partial charge in [0.15, 0.2) is 11.5 Å². The van der Waals surface area contributed by atoms with Gasteiger partial charge in [-0.05, 0) is 37.0 Å². The standard InChI is InChI=1S/C15H17F3N2O2/c1-8-20-12-6-9(7-19-11-3-2-4-13(11)21)5-10(14(12)22-8)15(16,17)18/h5-6,11,13,19,21H,2-4,7H2,1H3/t11-,13-/m1/s1. The highest BCUT2D eigenvalue weighted by Gasteiger charge is 2.35. The lowest BCUT2D eigenvalue weighted by Crippen LogP contribution is -2.35. The first kappa shape index (κ1) is 15.3. The SMILES string of the molecule is Cc1nc2cc(CN[C@@H]3CCC[C@H]3O)cc(C(F)(F)F)c2o1. The Labute approximate surface area is 125 Å². The van der Waals surface area contributed by atoms with Crippen LogP contribution in [0, 0.1) is 6.92 Å². The number of hydrogen-bond donors (Lipinski definition) is 2. The molecule has 1 saturated carbocycles. The fraction of sp³-hybridized carbons (Fsp3) is 0.533. The van der Waals surface area contributed by atoms with Crippen LogP contribution < -0.4 is 5.32 Å². The smallest absolute Gasteiger partial charge is 0.420 e. The molecule has 22 heavy (non-hydrogen) atoms. The van der Waals surface area contributed by atoms with Crippen LogP contribution in [0.15, 0.2) is 16.5 Å². The van der Waals surface area contributed by atoms with Gasteiger partial charge in [-0.1, -0.05) is 0 Å². The highest BCUT2D eigenvalue weighted by atomic mass is 19.4. The van der Waals surface area contributed by atoms with Crippen molar-refractivity contribution in [2.24, 2.45) is 0 Å². The van der Waals surface area contributed by atoms with Gasteiger partial charge in [-0.25, -0.2) is 4.98 Å². The summed E-state index contributed by atoms with van der Waals surface area (Å²) >= 11 is 0. The Kier molecular flexibility index (Phi) is 3.86. The first-order chi connectivity index (χ1) is 10.3. The molecule has 0 bridgehead atoms. The van der Waals surface area contributed by atoms with Gasteiger partial charge in [-0.3, -0.25) is 0 Å². The molecule has 2 atom stereocenters. The molecule has 1 heterocycles. The molecule has 2 N–H and O–H groups in total. The predicted octanol–water partition coefficient (Wildman–Crippen LogP) is 3.16. The Morgan fingerprint density at radius 2 is 2.14 bits per heavy atom. The van der Waals surface area contributed by atoms with E-state index in [1.165, 1.54) is 6.92 Å². The zero-order chi connectivity index (χ0) is 15.9. The molecule has 1 aliphatic carbocycles. The van der Waals surface area contributed by atoms with Crippen molar-refractivity contribution >= 4 is 11.1 Å². The highest BCUT2D eigenvalue weighted by molar-refractivity contribution is 5.78. The van der Waals surface area contributed by atoms with Crippen LogP contribution in [0.5, 0.6) is 0 Å². The quantitative estimate of drug-likeness (QED) is 0.914. The summed E-state index contributed by atoms with van der Waals surface area (Å²) in [6, 6.07) is 2.61.